The van der Waals surface area contributed by atoms with Crippen LogP contribution in [0.2, 0.25) is 0 Å². The molecule has 0 aliphatic carbocycles. The monoisotopic (exact) mass is 355 g/mol. The first-order valence-electron chi connectivity index (χ1n) is 8.62. The van der Waals surface area contributed by atoms with Crippen LogP contribution >= 0.6 is 0 Å². The molecule has 0 fully saturated rings. The summed E-state index contributed by atoms with van der Waals surface area (Å²) in [6, 6.07) is 16.0. The van der Waals surface area contributed by atoms with Crippen molar-refractivity contribution in [3.05, 3.63) is 70.8 Å². The van der Waals surface area contributed by atoms with Crippen LogP contribution in [0.1, 0.15) is 28.5 Å². The second kappa shape index (κ2) is 8.42. The minimum Gasteiger partial charge on any atom is -0.352 e. The molecule has 1 aliphatic rings. The summed E-state index contributed by atoms with van der Waals surface area (Å²) in [6.45, 7) is 1.38. The highest BCUT2D eigenvalue weighted by atomic mass is 16.7. The van der Waals surface area contributed by atoms with E-state index in [1.165, 1.54) is 11.1 Å². The summed E-state index contributed by atoms with van der Waals surface area (Å²) in [5, 5.41) is 0. The van der Waals surface area contributed by atoms with Crippen LogP contribution in [-0.2, 0) is 33.8 Å². The zero-order valence-electron chi connectivity index (χ0n) is 15.1. The Bertz CT molecular complexity index is 744. The van der Waals surface area contributed by atoms with Crippen LogP contribution in [0.15, 0.2) is 48.5 Å². The van der Waals surface area contributed by atoms with E-state index in [4.69, 9.17) is 15.3 Å². The predicted molar refractivity (Wildman–Crippen MR) is 98.7 cm³/mol. The fourth-order valence-corrected chi connectivity index (χ4v) is 3.48. The number of hydrogen-bond donors (Lipinski definition) is 2. The number of carbonyl (C=O) groups excluding carboxylic acids is 1. The number of methoxy groups -OCH3 is 2. The molecule has 6 heteroatoms. The van der Waals surface area contributed by atoms with E-state index in [2.05, 4.69) is 22.5 Å². The highest BCUT2D eigenvalue weighted by Crippen LogP contribution is 2.26. The summed E-state index contributed by atoms with van der Waals surface area (Å²) in [5.41, 5.74) is 6.84. The molecule has 1 aliphatic heterocycles. The maximum absolute atomic E-state index is 12.3. The predicted octanol–water partition coefficient (Wildman–Crippen LogP) is 1.89. The Morgan fingerprint density at radius 3 is 2.42 bits per heavy atom. The number of hydrazine groups is 1. The van der Waals surface area contributed by atoms with Crippen molar-refractivity contribution < 1.29 is 14.3 Å². The van der Waals surface area contributed by atoms with Crippen molar-refractivity contribution in [1.82, 2.24) is 10.3 Å². The van der Waals surface area contributed by atoms with E-state index in [1.807, 2.05) is 36.4 Å². The Labute approximate surface area is 153 Å². The zero-order chi connectivity index (χ0) is 18.5. The van der Waals surface area contributed by atoms with E-state index in [9.17, 15) is 4.79 Å². The van der Waals surface area contributed by atoms with Gasteiger partial charge in [0.1, 0.15) is 0 Å². The fraction of sp³-hybridized carbons (Fsp3) is 0.350. The molecule has 0 radical (unpaired) electrons. The number of hydrogen-bond acceptors (Lipinski definition) is 5. The smallest absolute Gasteiger partial charge is 0.251 e. The van der Waals surface area contributed by atoms with Gasteiger partial charge in [0.15, 0.2) is 6.29 Å². The lowest BCUT2D eigenvalue weighted by Gasteiger charge is -2.35. The van der Waals surface area contributed by atoms with Crippen LogP contribution in [0.25, 0.3) is 0 Å². The number of benzene rings is 2. The van der Waals surface area contributed by atoms with Gasteiger partial charge in [-0.2, -0.15) is 0 Å². The normalized spacial score (nSPS) is 17.2. The fourth-order valence-electron chi connectivity index (χ4n) is 3.48. The van der Waals surface area contributed by atoms with Gasteiger partial charge >= 0.3 is 0 Å². The second-order valence-electron chi connectivity index (χ2n) is 6.45. The van der Waals surface area contributed by atoms with Crippen LogP contribution < -0.4 is 11.3 Å². The van der Waals surface area contributed by atoms with Gasteiger partial charge in [0, 0.05) is 32.9 Å². The third kappa shape index (κ3) is 3.94. The molecule has 0 saturated carbocycles. The number of carbonyl (C=O) groups is 1. The zero-order valence-corrected chi connectivity index (χ0v) is 15.1. The Morgan fingerprint density at radius 2 is 1.81 bits per heavy atom. The van der Waals surface area contributed by atoms with Crippen molar-refractivity contribution >= 4 is 5.91 Å². The summed E-state index contributed by atoms with van der Waals surface area (Å²) < 4.78 is 10.6. The molecule has 1 amide bonds. The van der Waals surface area contributed by atoms with Crippen molar-refractivity contribution in [2.24, 2.45) is 5.84 Å². The van der Waals surface area contributed by atoms with Crippen LogP contribution in [-0.4, -0.2) is 31.1 Å². The van der Waals surface area contributed by atoms with E-state index < -0.39 is 0 Å². The average Bonchev–Trinajstić information content (AvgIpc) is 2.69. The van der Waals surface area contributed by atoms with E-state index in [-0.39, 0.29) is 18.2 Å². The maximum Gasteiger partial charge on any atom is 0.251 e. The molecule has 26 heavy (non-hydrogen) atoms. The second-order valence-corrected chi connectivity index (χ2v) is 6.45. The number of nitrogens with zero attached hydrogens (tertiary/aromatic N) is 1. The summed E-state index contributed by atoms with van der Waals surface area (Å²) in [6.07, 6.45) is 0.286. The first kappa shape index (κ1) is 18.5. The highest BCUT2D eigenvalue weighted by molar-refractivity contribution is 5.81. The molecule has 3 rings (SSSR count). The minimum absolute atomic E-state index is 0.157. The Balaban J connectivity index is 1.79. The van der Waals surface area contributed by atoms with Gasteiger partial charge in [-0.25, -0.2) is 5.84 Å². The summed E-state index contributed by atoms with van der Waals surface area (Å²) in [4.78, 5) is 14.4. The number of ether oxygens (including phenoxy) is 2. The molecule has 0 bridgehead atoms. The standard InChI is InChI=1S/C20H25N3O3/c1-25-20(26-2)15-9-7-14(8-10-15)12-23-13-17-6-4-3-5-16(17)11-18(23)19(24)22-21/h3-10,18,20H,11-13,21H2,1-2H3,(H,22,24)/t18-/m0/s1. The molecule has 1 heterocycles. The topological polar surface area (TPSA) is 76.8 Å². The third-order valence-corrected chi connectivity index (χ3v) is 4.86. The molecule has 2 aromatic carbocycles. The van der Waals surface area contributed by atoms with Gasteiger partial charge in [-0.15, -0.1) is 0 Å². The molecular weight excluding hydrogens is 330 g/mol. The van der Waals surface area contributed by atoms with Crippen molar-refractivity contribution in [2.45, 2.75) is 31.8 Å². The molecule has 138 valence electrons. The first-order valence-corrected chi connectivity index (χ1v) is 8.62. The van der Waals surface area contributed by atoms with Gasteiger partial charge < -0.3 is 9.47 Å². The van der Waals surface area contributed by atoms with Crippen LogP contribution in [0.3, 0.4) is 0 Å². The van der Waals surface area contributed by atoms with Gasteiger partial charge in [-0.05, 0) is 23.1 Å². The van der Waals surface area contributed by atoms with E-state index in [0.717, 1.165) is 17.7 Å². The summed E-state index contributed by atoms with van der Waals surface area (Å²) in [7, 11) is 3.23. The van der Waals surface area contributed by atoms with Gasteiger partial charge in [-0.3, -0.25) is 15.1 Å². The maximum atomic E-state index is 12.3. The summed E-state index contributed by atoms with van der Waals surface area (Å²) >= 11 is 0. The SMILES string of the molecule is COC(OC)c1ccc(CN2Cc3ccccc3C[C@H]2C(=O)NN)cc1. The Kier molecular flexibility index (Phi) is 6.00. The van der Waals surface area contributed by atoms with Gasteiger partial charge in [0.2, 0.25) is 0 Å². The van der Waals surface area contributed by atoms with Crippen LogP contribution in [0.5, 0.6) is 0 Å². The third-order valence-electron chi connectivity index (χ3n) is 4.86. The molecule has 2 aromatic rings. The molecule has 6 nitrogen and oxygen atoms in total. The van der Waals surface area contributed by atoms with Crippen LogP contribution in [0.4, 0.5) is 0 Å². The number of nitrogens with one attached hydrogen (secondary N) is 1. The lowest BCUT2D eigenvalue weighted by Crippen LogP contribution is -2.51. The van der Waals surface area contributed by atoms with Crippen LogP contribution in [0, 0.1) is 0 Å². The molecule has 0 unspecified atom stereocenters. The Morgan fingerprint density at radius 1 is 1.15 bits per heavy atom. The molecule has 1 atom stereocenters. The molecular formula is C20H25N3O3. The quantitative estimate of drug-likeness (QED) is 0.358. The van der Waals surface area contributed by atoms with Crippen molar-refractivity contribution in [2.75, 3.05) is 14.2 Å². The first-order chi connectivity index (χ1) is 12.7. The largest absolute Gasteiger partial charge is 0.352 e. The van der Waals surface area contributed by atoms with Gasteiger partial charge in [0.25, 0.3) is 5.91 Å². The van der Waals surface area contributed by atoms with Crippen molar-refractivity contribution in [3.8, 4) is 0 Å². The molecule has 0 saturated heterocycles. The van der Waals surface area contributed by atoms with Crippen molar-refractivity contribution in [1.29, 1.82) is 0 Å². The van der Waals surface area contributed by atoms with E-state index >= 15 is 0 Å². The Hall–Kier alpha value is -2.25. The number of amides is 1. The van der Waals surface area contributed by atoms with Gasteiger partial charge in [-0.1, -0.05) is 48.5 Å². The lowest BCUT2D eigenvalue weighted by molar-refractivity contribution is -0.127. The number of nitrogens with two attached hydrogens (primary N) is 1. The average molecular weight is 355 g/mol. The minimum atomic E-state index is -0.373. The molecule has 0 spiro atoms. The van der Waals surface area contributed by atoms with E-state index in [1.54, 1.807) is 14.2 Å². The number of fused-ring (bicyclic) bond motifs is 1. The highest BCUT2D eigenvalue weighted by Gasteiger charge is 2.31. The van der Waals surface area contributed by atoms with Gasteiger partial charge in [0.05, 0.1) is 6.04 Å². The lowest BCUT2D eigenvalue weighted by atomic mass is 9.93. The molecule has 0 aromatic heterocycles. The molecule has 3 N–H and O–H groups in total. The number of rotatable bonds is 6. The summed E-state index contributed by atoms with van der Waals surface area (Å²) in [5.74, 6) is 5.25. The van der Waals surface area contributed by atoms with Crippen molar-refractivity contribution in [3.63, 3.8) is 0 Å². The van der Waals surface area contributed by atoms with E-state index in [0.29, 0.717) is 13.0 Å².